The Morgan fingerprint density at radius 1 is 1.00 bits per heavy atom. The van der Waals surface area contributed by atoms with Crippen LogP contribution in [0.25, 0.3) is 0 Å². The van der Waals surface area contributed by atoms with E-state index in [2.05, 4.69) is 12.6 Å². The van der Waals surface area contributed by atoms with E-state index in [0.717, 1.165) is 24.2 Å². The SMILES string of the molecule is SCCOC1CCCC2CCCCC21. The minimum atomic E-state index is 0.571. The lowest BCUT2D eigenvalue weighted by Crippen LogP contribution is -2.36. The maximum Gasteiger partial charge on any atom is 0.0606 e. The van der Waals surface area contributed by atoms with Gasteiger partial charge in [-0.25, -0.2) is 0 Å². The van der Waals surface area contributed by atoms with Crippen molar-refractivity contribution in [1.29, 1.82) is 0 Å². The number of fused-ring (bicyclic) bond motifs is 1. The molecule has 0 radical (unpaired) electrons. The predicted octanol–water partition coefficient (Wildman–Crippen LogP) is 3.29. The van der Waals surface area contributed by atoms with Crippen molar-refractivity contribution < 1.29 is 4.74 Å². The summed E-state index contributed by atoms with van der Waals surface area (Å²) in [5.74, 6) is 2.74. The molecule has 0 aromatic rings. The monoisotopic (exact) mass is 214 g/mol. The Morgan fingerprint density at radius 3 is 2.64 bits per heavy atom. The van der Waals surface area contributed by atoms with Crippen LogP contribution in [0.1, 0.15) is 44.9 Å². The summed E-state index contributed by atoms with van der Waals surface area (Å²) in [7, 11) is 0. The van der Waals surface area contributed by atoms with Crippen LogP contribution in [0.2, 0.25) is 0 Å². The molecule has 82 valence electrons. The molecule has 2 fully saturated rings. The smallest absolute Gasteiger partial charge is 0.0606 e. The van der Waals surface area contributed by atoms with Crippen LogP contribution in [-0.4, -0.2) is 18.5 Å². The van der Waals surface area contributed by atoms with E-state index < -0.39 is 0 Å². The molecule has 0 aliphatic heterocycles. The minimum absolute atomic E-state index is 0.571. The summed E-state index contributed by atoms with van der Waals surface area (Å²) >= 11 is 4.21. The van der Waals surface area contributed by atoms with E-state index in [0.29, 0.717) is 6.10 Å². The fourth-order valence-corrected chi connectivity index (χ4v) is 3.40. The van der Waals surface area contributed by atoms with E-state index in [4.69, 9.17) is 4.74 Å². The molecular formula is C12H22OS. The molecule has 0 spiro atoms. The highest BCUT2D eigenvalue weighted by Crippen LogP contribution is 2.41. The quantitative estimate of drug-likeness (QED) is 0.709. The van der Waals surface area contributed by atoms with E-state index in [1.165, 1.54) is 44.9 Å². The lowest BCUT2D eigenvalue weighted by atomic mass is 9.69. The molecule has 2 heteroatoms. The molecule has 0 amide bonds. The minimum Gasteiger partial charge on any atom is -0.377 e. The van der Waals surface area contributed by atoms with Crippen LogP contribution in [0.15, 0.2) is 0 Å². The molecular weight excluding hydrogens is 192 g/mol. The van der Waals surface area contributed by atoms with Gasteiger partial charge in [0.25, 0.3) is 0 Å². The maximum atomic E-state index is 5.93. The van der Waals surface area contributed by atoms with Crippen molar-refractivity contribution in [2.45, 2.75) is 51.0 Å². The summed E-state index contributed by atoms with van der Waals surface area (Å²) in [4.78, 5) is 0. The number of rotatable bonds is 3. The first-order chi connectivity index (χ1) is 6.92. The second-order valence-corrected chi connectivity index (χ2v) is 5.22. The van der Waals surface area contributed by atoms with Crippen LogP contribution >= 0.6 is 12.6 Å². The molecule has 3 unspecified atom stereocenters. The van der Waals surface area contributed by atoms with Gasteiger partial charge in [0.15, 0.2) is 0 Å². The maximum absolute atomic E-state index is 5.93. The van der Waals surface area contributed by atoms with Crippen molar-refractivity contribution in [3.63, 3.8) is 0 Å². The van der Waals surface area contributed by atoms with Gasteiger partial charge in [-0.05, 0) is 31.1 Å². The van der Waals surface area contributed by atoms with Gasteiger partial charge in [-0.15, -0.1) is 0 Å². The average Bonchev–Trinajstić information content (AvgIpc) is 2.26. The van der Waals surface area contributed by atoms with Crippen LogP contribution in [-0.2, 0) is 4.74 Å². The molecule has 1 nitrogen and oxygen atoms in total. The Kier molecular flexibility index (Phi) is 4.18. The zero-order valence-electron chi connectivity index (χ0n) is 8.95. The van der Waals surface area contributed by atoms with Crippen LogP contribution in [0.5, 0.6) is 0 Å². The van der Waals surface area contributed by atoms with Gasteiger partial charge in [0.05, 0.1) is 12.7 Å². The van der Waals surface area contributed by atoms with Gasteiger partial charge >= 0.3 is 0 Å². The van der Waals surface area contributed by atoms with Gasteiger partial charge in [-0.3, -0.25) is 0 Å². The van der Waals surface area contributed by atoms with Gasteiger partial charge in [-0.2, -0.15) is 12.6 Å². The third kappa shape index (κ3) is 2.46. The molecule has 0 heterocycles. The number of ether oxygens (including phenoxy) is 1. The fourth-order valence-electron chi connectivity index (χ4n) is 3.29. The summed E-state index contributed by atoms with van der Waals surface area (Å²) in [6.07, 6.45) is 10.5. The summed E-state index contributed by atoms with van der Waals surface area (Å²) in [6.45, 7) is 0.844. The van der Waals surface area contributed by atoms with Crippen LogP contribution < -0.4 is 0 Å². The van der Waals surface area contributed by atoms with Crippen molar-refractivity contribution in [2.75, 3.05) is 12.4 Å². The molecule has 14 heavy (non-hydrogen) atoms. The molecule has 0 saturated heterocycles. The third-order valence-electron chi connectivity index (χ3n) is 3.93. The standard InChI is InChI=1S/C12H22OS/c14-9-8-13-12-7-3-5-10-4-1-2-6-11(10)12/h10-12,14H,1-9H2. The van der Waals surface area contributed by atoms with Gasteiger partial charge in [0.2, 0.25) is 0 Å². The van der Waals surface area contributed by atoms with E-state index in [1.54, 1.807) is 0 Å². The second-order valence-electron chi connectivity index (χ2n) is 4.77. The third-order valence-corrected chi connectivity index (χ3v) is 4.11. The molecule has 2 saturated carbocycles. The molecule has 0 aromatic carbocycles. The van der Waals surface area contributed by atoms with Crippen molar-refractivity contribution in [1.82, 2.24) is 0 Å². The molecule has 0 N–H and O–H groups in total. The van der Waals surface area contributed by atoms with E-state index in [9.17, 15) is 0 Å². The molecule has 2 rings (SSSR count). The lowest BCUT2D eigenvalue weighted by Gasteiger charge is -2.41. The van der Waals surface area contributed by atoms with Gasteiger partial charge in [-0.1, -0.05) is 25.7 Å². The number of thiol groups is 1. The Morgan fingerprint density at radius 2 is 1.79 bits per heavy atom. The van der Waals surface area contributed by atoms with Gasteiger partial charge in [0, 0.05) is 5.75 Å². The van der Waals surface area contributed by atoms with E-state index in [1.807, 2.05) is 0 Å². The topological polar surface area (TPSA) is 9.23 Å². The van der Waals surface area contributed by atoms with Crippen LogP contribution in [0, 0.1) is 11.8 Å². The number of hydrogen-bond acceptors (Lipinski definition) is 2. The molecule has 0 aromatic heterocycles. The van der Waals surface area contributed by atoms with Gasteiger partial charge < -0.3 is 4.74 Å². The highest BCUT2D eigenvalue weighted by Gasteiger charge is 2.35. The zero-order valence-corrected chi connectivity index (χ0v) is 9.85. The Labute approximate surface area is 93.0 Å². The summed E-state index contributed by atoms with van der Waals surface area (Å²) < 4.78 is 5.93. The van der Waals surface area contributed by atoms with Gasteiger partial charge in [0.1, 0.15) is 0 Å². The molecule has 3 atom stereocenters. The largest absolute Gasteiger partial charge is 0.377 e. The summed E-state index contributed by atoms with van der Waals surface area (Å²) in [6, 6.07) is 0. The summed E-state index contributed by atoms with van der Waals surface area (Å²) in [5.41, 5.74) is 0. The Bertz CT molecular complexity index is 170. The first-order valence-electron chi connectivity index (χ1n) is 6.14. The molecule has 2 aliphatic carbocycles. The van der Waals surface area contributed by atoms with E-state index >= 15 is 0 Å². The van der Waals surface area contributed by atoms with Crippen molar-refractivity contribution >= 4 is 12.6 Å². The van der Waals surface area contributed by atoms with E-state index in [-0.39, 0.29) is 0 Å². The highest BCUT2D eigenvalue weighted by molar-refractivity contribution is 7.80. The van der Waals surface area contributed by atoms with Crippen LogP contribution in [0.4, 0.5) is 0 Å². The normalized spacial score (nSPS) is 37.9. The first-order valence-corrected chi connectivity index (χ1v) is 6.77. The molecule has 0 bridgehead atoms. The highest BCUT2D eigenvalue weighted by atomic mass is 32.1. The zero-order chi connectivity index (χ0) is 9.80. The predicted molar refractivity (Wildman–Crippen MR) is 62.9 cm³/mol. The van der Waals surface area contributed by atoms with Crippen molar-refractivity contribution in [2.24, 2.45) is 11.8 Å². The number of hydrogen-bond donors (Lipinski definition) is 1. The van der Waals surface area contributed by atoms with Crippen molar-refractivity contribution in [3.8, 4) is 0 Å². The lowest BCUT2D eigenvalue weighted by molar-refractivity contribution is -0.0407. The van der Waals surface area contributed by atoms with Crippen molar-refractivity contribution in [3.05, 3.63) is 0 Å². The summed E-state index contributed by atoms with van der Waals surface area (Å²) in [5, 5.41) is 0. The molecule has 2 aliphatic rings. The Hall–Kier alpha value is 0.310. The van der Waals surface area contributed by atoms with Crippen LogP contribution in [0.3, 0.4) is 0 Å². The fraction of sp³-hybridized carbons (Fsp3) is 1.00. The first kappa shape index (κ1) is 10.8. The Balaban J connectivity index is 1.88. The average molecular weight is 214 g/mol. The second kappa shape index (κ2) is 5.41.